The Morgan fingerprint density at radius 3 is 2.93 bits per heavy atom. The van der Waals surface area contributed by atoms with Gasteiger partial charge in [-0.05, 0) is 25.7 Å². The molecule has 3 rings (SSSR count). The first-order valence-corrected chi connectivity index (χ1v) is 5.51. The highest BCUT2D eigenvalue weighted by Crippen LogP contribution is 2.40. The molecule has 0 saturated heterocycles. The minimum absolute atomic E-state index is 0.0982. The summed E-state index contributed by atoms with van der Waals surface area (Å²) in [5.74, 6) is 1.46. The lowest BCUT2D eigenvalue weighted by molar-refractivity contribution is 0.615. The molecule has 0 aromatic carbocycles. The third kappa shape index (κ3) is 1.14. The molecule has 0 amide bonds. The highest BCUT2D eigenvalue weighted by Gasteiger charge is 2.32. The summed E-state index contributed by atoms with van der Waals surface area (Å²) in [6, 6.07) is 0.0982. The van der Waals surface area contributed by atoms with Gasteiger partial charge >= 0.3 is 0 Å². The topological polar surface area (TPSA) is 69.1 Å². The number of fused-ring (bicyclic) bond motifs is 1. The van der Waals surface area contributed by atoms with Crippen molar-refractivity contribution in [1.29, 1.82) is 0 Å². The van der Waals surface area contributed by atoms with Gasteiger partial charge in [-0.15, -0.1) is 10.2 Å². The number of aromatic nitrogens is 4. The van der Waals surface area contributed by atoms with Crippen molar-refractivity contribution in [2.24, 2.45) is 11.7 Å². The second-order valence-corrected chi connectivity index (χ2v) is 4.73. The van der Waals surface area contributed by atoms with Gasteiger partial charge in [0, 0.05) is 0 Å². The number of nitrogens with two attached hydrogens (primary N) is 1. The maximum Gasteiger partial charge on any atom is 0.234 e. The molecule has 2 heterocycles. The summed E-state index contributed by atoms with van der Waals surface area (Å²) in [6.45, 7) is 1.89. The van der Waals surface area contributed by atoms with E-state index in [1.165, 1.54) is 12.8 Å². The Morgan fingerprint density at radius 1 is 1.50 bits per heavy atom. The number of aryl methyl sites for hydroxylation is 1. The monoisotopic (exact) mass is 209 g/mol. The van der Waals surface area contributed by atoms with Gasteiger partial charge in [0.15, 0.2) is 5.82 Å². The predicted octanol–water partition coefficient (Wildman–Crippen LogP) is 0.904. The van der Waals surface area contributed by atoms with E-state index in [1.807, 2.05) is 6.92 Å². The van der Waals surface area contributed by atoms with Crippen LogP contribution in [-0.2, 0) is 0 Å². The van der Waals surface area contributed by atoms with E-state index < -0.39 is 0 Å². The van der Waals surface area contributed by atoms with E-state index in [-0.39, 0.29) is 6.04 Å². The molecule has 1 aliphatic carbocycles. The zero-order valence-electron chi connectivity index (χ0n) is 7.84. The molecule has 1 saturated carbocycles. The Bertz CT molecular complexity index is 469. The van der Waals surface area contributed by atoms with Gasteiger partial charge in [0.1, 0.15) is 5.01 Å². The molecular formula is C8H11N5S. The van der Waals surface area contributed by atoms with Crippen LogP contribution in [0.1, 0.15) is 29.7 Å². The minimum atomic E-state index is 0.0982. The summed E-state index contributed by atoms with van der Waals surface area (Å²) in [5, 5.41) is 13.4. The molecule has 14 heavy (non-hydrogen) atoms. The molecule has 2 aromatic heterocycles. The lowest BCUT2D eigenvalue weighted by Gasteiger charge is -2.03. The molecule has 1 unspecified atom stereocenters. The van der Waals surface area contributed by atoms with Crippen molar-refractivity contribution in [2.45, 2.75) is 25.8 Å². The molecule has 74 valence electrons. The van der Waals surface area contributed by atoms with Crippen molar-refractivity contribution < 1.29 is 0 Å². The van der Waals surface area contributed by atoms with Gasteiger partial charge in [-0.1, -0.05) is 11.3 Å². The quantitative estimate of drug-likeness (QED) is 0.798. The molecule has 6 heteroatoms. The molecule has 0 radical (unpaired) electrons. The molecule has 5 nitrogen and oxygen atoms in total. The van der Waals surface area contributed by atoms with E-state index in [9.17, 15) is 0 Å². The molecule has 1 fully saturated rings. The van der Waals surface area contributed by atoms with Crippen LogP contribution < -0.4 is 5.73 Å². The van der Waals surface area contributed by atoms with Gasteiger partial charge in [0.05, 0.1) is 6.04 Å². The van der Waals surface area contributed by atoms with Crippen molar-refractivity contribution in [3.05, 3.63) is 10.8 Å². The zero-order chi connectivity index (χ0) is 9.71. The molecular weight excluding hydrogens is 198 g/mol. The van der Waals surface area contributed by atoms with E-state index in [0.29, 0.717) is 5.92 Å². The van der Waals surface area contributed by atoms with Crippen LogP contribution in [-0.4, -0.2) is 19.8 Å². The maximum atomic E-state index is 6.06. The van der Waals surface area contributed by atoms with E-state index in [0.717, 1.165) is 15.8 Å². The Labute approximate surface area is 84.9 Å². The van der Waals surface area contributed by atoms with E-state index in [4.69, 9.17) is 5.73 Å². The molecule has 0 aliphatic heterocycles. The van der Waals surface area contributed by atoms with Crippen molar-refractivity contribution >= 4 is 16.3 Å². The van der Waals surface area contributed by atoms with Crippen molar-refractivity contribution in [2.75, 3.05) is 0 Å². The zero-order valence-corrected chi connectivity index (χ0v) is 8.66. The van der Waals surface area contributed by atoms with Gasteiger partial charge in [-0.3, -0.25) is 0 Å². The van der Waals surface area contributed by atoms with Gasteiger partial charge in [0.25, 0.3) is 0 Å². The average Bonchev–Trinajstić information content (AvgIpc) is 2.84. The fourth-order valence-electron chi connectivity index (χ4n) is 1.52. The standard InChI is InChI=1S/C8H11N5S/c1-4-10-11-8-13(4)12-7(14-8)6(9)5-2-3-5/h5-6H,2-3,9H2,1H3. The first-order valence-electron chi connectivity index (χ1n) is 4.70. The lowest BCUT2D eigenvalue weighted by Crippen LogP contribution is -2.12. The molecule has 1 aliphatic rings. The third-order valence-corrected chi connectivity index (χ3v) is 3.58. The van der Waals surface area contributed by atoms with E-state index >= 15 is 0 Å². The van der Waals surface area contributed by atoms with Gasteiger partial charge < -0.3 is 5.73 Å². The van der Waals surface area contributed by atoms with E-state index in [2.05, 4.69) is 15.3 Å². The normalized spacial score (nSPS) is 19.0. The SMILES string of the molecule is Cc1nnc2sc(C(N)C3CC3)nn12. The molecule has 2 aromatic rings. The van der Waals surface area contributed by atoms with Crippen LogP contribution in [0.5, 0.6) is 0 Å². The summed E-state index contributed by atoms with van der Waals surface area (Å²) in [7, 11) is 0. The van der Waals surface area contributed by atoms with Crippen molar-refractivity contribution in [3.63, 3.8) is 0 Å². The summed E-state index contributed by atoms with van der Waals surface area (Å²) in [5.41, 5.74) is 6.06. The third-order valence-electron chi connectivity index (χ3n) is 2.58. The maximum absolute atomic E-state index is 6.06. The number of rotatable bonds is 2. The predicted molar refractivity (Wildman–Crippen MR) is 53.0 cm³/mol. The molecule has 0 spiro atoms. The van der Waals surface area contributed by atoms with Crippen LogP contribution in [0.4, 0.5) is 0 Å². The molecule has 0 bridgehead atoms. The van der Waals surface area contributed by atoms with Crippen LogP contribution in [0.2, 0.25) is 0 Å². The van der Waals surface area contributed by atoms with Crippen molar-refractivity contribution in [1.82, 2.24) is 19.8 Å². The highest BCUT2D eigenvalue weighted by molar-refractivity contribution is 7.16. The van der Waals surface area contributed by atoms with Crippen LogP contribution in [0, 0.1) is 12.8 Å². The lowest BCUT2D eigenvalue weighted by atomic mass is 10.2. The first-order chi connectivity index (χ1) is 6.75. The Balaban J connectivity index is 2.04. The second-order valence-electron chi connectivity index (χ2n) is 3.75. The van der Waals surface area contributed by atoms with Gasteiger partial charge in [-0.2, -0.15) is 9.61 Å². The smallest absolute Gasteiger partial charge is 0.234 e. The number of nitrogens with zero attached hydrogens (tertiary/aromatic N) is 4. The van der Waals surface area contributed by atoms with Gasteiger partial charge in [0.2, 0.25) is 4.96 Å². The summed E-state index contributed by atoms with van der Waals surface area (Å²) < 4.78 is 1.77. The summed E-state index contributed by atoms with van der Waals surface area (Å²) >= 11 is 1.55. The fraction of sp³-hybridized carbons (Fsp3) is 0.625. The number of hydrogen-bond acceptors (Lipinski definition) is 5. The Hall–Kier alpha value is -1.01. The number of hydrogen-bond donors (Lipinski definition) is 1. The fourth-order valence-corrected chi connectivity index (χ4v) is 2.50. The summed E-state index contributed by atoms with van der Waals surface area (Å²) in [6.07, 6.45) is 2.47. The van der Waals surface area contributed by atoms with Gasteiger partial charge in [-0.25, -0.2) is 0 Å². The van der Waals surface area contributed by atoms with E-state index in [1.54, 1.807) is 15.9 Å². The van der Waals surface area contributed by atoms with Crippen LogP contribution >= 0.6 is 11.3 Å². The summed E-state index contributed by atoms with van der Waals surface area (Å²) in [4.78, 5) is 0.841. The second kappa shape index (κ2) is 2.74. The largest absolute Gasteiger partial charge is 0.322 e. The van der Waals surface area contributed by atoms with Crippen LogP contribution in [0.25, 0.3) is 4.96 Å². The first kappa shape index (κ1) is 8.31. The Kier molecular flexibility index (Phi) is 1.63. The van der Waals surface area contributed by atoms with Crippen molar-refractivity contribution in [3.8, 4) is 0 Å². The average molecular weight is 209 g/mol. The molecule has 2 N–H and O–H groups in total. The highest BCUT2D eigenvalue weighted by atomic mass is 32.1. The minimum Gasteiger partial charge on any atom is -0.322 e. The van der Waals surface area contributed by atoms with Crippen LogP contribution in [0.3, 0.4) is 0 Å². The molecule has 1 atom stereocenters. The van der Waals surface area contributed by atoms with Crippen LogP contribution in [0.15, 0.2) is 0 Å². The Morgan fingerprint density at radius 2 is 2.29 bits per heavy atom.